The Kier molecular flexibility index (Phi) is 5.34. The fraction of sp³-hybridized carbons (Fsp3) is 1.00. The average molecular weight is 224 g/mol. The molecule has 1 aliphatic rings. The van der Waals surface area contributed by atoms with Crippen LogP contribution in [0.1, 0.15) is 79.6 Å². The first-order valence-electron chi connectivity index (χ1n) is 7.52. The Morgan fingerprint density at radius 1 is 1.19 bits per heavy atom. The Balaban J connectivity index is 2.56. The van der Waals surface area contributed by atoms with Crippen LogP contribution in [0.25, 0.3) is 0 Å². The molecular weight excluding hydrogens is 192 g/mol. The first-order chi connectivity index (χ1) is 7.52. The van der Waals surface area contributed by atoms with E-state index in [1.807, 2.05) is 0 Å². The zero-order chi connectivity index (χ0) is 12.2. The smallest absolute Gasteiger partial charge is 0.0300 e. The monoisotopic (exact) mass is 224 g/mol. The molecule has 0 N–H and O–H groups in total. The van der Waals surface area contributed by atoms with E-state index in [0.29, 0.717) is 5.41 Å². The maximum Gasteiger partial charge on any atom is -0.0300 e. The highest BCUT2D eigenvalue weighted by molar-refractivity contribution is 4.87. The zero-order valence-corrected chi connectivity index (χ0v) is 12.2. The molecule has 0 heterocycles. The van der Waals surface area contributed by atoms with E-state index in [2.05, 4.69) is 34.6 Å². The topological polar surface area (TPSA) is 0 Å². The normalized spacial score (nSPS) is 20.8. The van der Waals surface area contributed by atoms with Crippen LogP contribution in [0, 0.1) is 23.2 Å². The summed E-state index contributed by atoms with van der Waals surface area (Å²) in [6.45, 7) is 12.2. The highest BCUT2D eigenvalue weighted by atomic mass is 14.4. The predicted octanol–water partition coefficient (Wildman–Crippen LogP) is 5.67. The van der Waals surface area contributed by atoms with Gasteiger partial charge in [-0.15, -0.1) is 0 Å². The quantitative estimate of drug-likeness (QED) is 0.498. The van der Waals surface area contributed by atoms with Gasteiger partial charge in [0.05, 0.1) is 0 Å². The summed E-state index contributed by atoms with van der Waals surface area (Å²) in [5.74, 6) is 2.92. The molecule has 2 unspecified atom stereocenters. The van der Waals surface area contributed by atoms with Gasteiger partial charge in [-0.25, -0.2) is 0 Å². The van der Waals surface area contributed by atoms with Crippen molar-refractivity contribution in [3.63, 3.8) is 0 Å². The standard InChI is InChI=1S/C16H32/c1-6-8-9-15(12-14-10-11-14)16(4,5)13(3)7-2/h13-15H,6-12H2,1-5H3. The van der Waals surface area contributed by atoms with Crippen LogP contribution in [-0.2, 0) is 0 Å². The molecule has 0 aliphatic heterocycles. The number of unbranched alkanes of at least 4 members (excludes halogenated alkanes) is 1. The molecule has 0 radical (unpaired) electrons. The molecule has 1 rings (SSSR count). The molecule has 0 heteroatoms. The summed E-state index contributed by atoms with van der Waals surface area (Å²) in [7, 11) is 0. The summed E-state index contributed by atoms with van der Waals surface area (Å²) in [5, 5.41) is 0. The minimum absolute atomic E-state index is 0.548. The Labute approximate surface area is 103 Å². The molecule has 0 saturated heterocycles. The minimum atomic E-state index is 0.548. The van der Waals surface area contributed by atoms with Crippen LogP contribution in [0.3, 0.4) is 0 Å². The van der Waals surface area contributed by atoms with Crippen molar-refractivity contribution < 1.29 is 0 Å². The minimum Gasteiger partial charge on any atom is -0.0654 e. The SMILES string of the molecule is CCCCC(CC1CC1)C(C)(C)C(C)CC. The van der Waals surface area contributed by atoms with Crippen molar-refractivity contribution in [1.29, 1.82) is 0 Å². The van der Waals surface area contributed by atoms with Gasteiger partial charge in [0.15, 0.2) is 0 Å². The number of rotatable bonds is 8. The summed E-state index contributed by atoms with van der Waals surface area (Å²) in [5.41, 5.74) is 0.548. The Morgan fingerprint density at radius 2 is 1.81 bits per heavy atom. The fourth-order valence-corrected chi connectivity index (χ4v) is 2.93. The van der Waals surface area contributed by atoms with Crippen LogP contribution >= 0.6 is 0 Å². The maximum absolute atomic E-state index is 2.52. The van der Waals surface area contributed by atoms with Crippen LogP contribution in [0.4, 0.5) is 0 Å². The Hall–Kier alpha value is 0. The summed E-state index contributed by atoms with van der Waals surface area (Å²) in [6.07, 6.45) is 10.1. The van der Waals surface area contributed by atoms with Gasteiger partial charge in [-0.3, -0.25) is 0 Å². The molecule has 0 bridgehead atoms. The van der Waals surface area contributed by atoms with Crippen LogP contribution < -0.4 is 0 Å². The van der Waals surface area contributed by atoms with Gasteiger partial charge in [-0.1, -0.05) is 66.7 Å². The summed E-state index contributed by atoms with van der Waals surface area (Å²) in [6, 6.07) is 0. The lowest BCUT2D eigenvalue weighted by atomic mass is 9.66. The third-order valence-electron chi connectivity index (χ3n) is 5.16. The molecule has 96 valence electrons. The van der Waals surface area contributed by atoms with E-state index >= 15 is 0 Å². The summed E-state index contributed by atoms with van der Waals surface area (Å²) in [4.78, 5) is 0. The van der Waals surface area contributed by atoms with E-state index in [0.717, 1.165) is 17.8 Å². The molecule has 0 amide bonds. The van der Waals surface area contributed by atoms with E-state index < -0.39 is 0 Å². The molecule has 1 saturated carbocycles. The van der Waals surface area contributed by atoms with Crippen LogP contribution in [0.15, 0.2) is 0 Å². The van der Waals surface area contributed by atoms with E-state index in [4.69, 9.17) is 0 Å². The van der Waals surface area contributed by atoms with Gasteiger partial charge < -0.3 is 0 Å². The van der Waals surface area contributed by atoms with Crippen molar-refractivity contribution in [2.75, 3.05) is 0 Å². The lowest BCUT2D eigenvalue weighted by Crippen LogP contribution is -2.31. The lowest BCUT2D eigenvalue weighted by Gasteiger charge is -2.40. The molecule has 0 aromatic carbocycles. The highest BCUT2D eigenvalue weighted by Gasteiger charge is 2.36. The predicted molar refractivity (Wildman–Crippen MR) is 73.6 cm³/mol. The highest BCUT2D eigenvalue weighted by Crippen LogP contribution is 2.47. The van der Waals surface area contributed by atoms with Gasteiger partial charge in [0, 0.05) is 0 Å². The molecular formula is C16H32. The average Bonchev–Trinajstić information content (AvgIpc) is 3.06. The fourth-order valence-electron chi connectivity index (χ4n) is 2.93. The van der Waals surface area contributed by atoms with Gasteiger partial charge in [-0.2, -0.15) is 0 Å². The number of hydrogen-bond donors (Lipinski definition) is 0. The van der Waals surface area contributed by atoms with Gasteiger partial charge in [0.1, 0.15) is 0 Å². The van der Waals surface area contributed by atoms with Gasteiger partial charge in [-0.05, 0) is 36.0 Å². The third kappa shape index (κ3) is 3.79. The first-order valence-corrected chi connectivity index (χ1v) is 7.52. The summed E-state index contributed by atoms with van der Waals surface area (Å²) >= 11 is 0. The summed E-state index contributed by atoms with van der Waals surface area (Å²) < 4.78 is 0. The zero-order valence-electron chi connectivity index (χ0n) is 12.2. The van der Waals surface area contributed by atoms with Crippen molar-refractivity contribution in [3.05, 3.63) is 0 Å². The van der Waals surface area contributed by atoms with Crippen LogP contribution in [-0.4, -0.2) is 0 Å². The van der Waals surface area contributed by atoms with Crippen LogP contribution in [0.5, 0.6) is 0 Å². The Bertz CT molecular complexity index is 188. The molecule has 0 nitrogen and oxygen atoms in total. The third-order valence-corrected chi connectivity index (χ3v) is 5.16. The second-order valence-corrected chi connectivity index (χ2v) is 6.65. The van der Waals surface area contributed by atoms with Crippen molar-refractivity contribution in [2.24, 2.45) is 23.2 Å². The maximum atomic E-state index is 2.52. The second kappa shape index (κ2) is 6.07. The molecule has 0 spiro atoms. The molecule has 2 atom stereocenters. The van der Waals surface area contributed by atoms with Crippen molar-refractivity contribution in [1.82, 2.24) is 0 Å². The Morgan fingerprint density at radius 3 is 2.25 bits per heavy atom. The molecule has 0 aromatic heterocycles. The molecule has 0 aromatic rings. The lowest BCUT2D eigenvalue weighted by molar-refractivity contribution is 0.100. The van der Waals surface area contributed by atoms with E-state index in [-0.39, 0.29) is 0 Å². The molecule has 1 fully saturated rings. The molecule has 1 aliphatic carbocycles. The van der Waals surface area contributed by atoms with Gasteiger partial charge >= 0.3 is 0 Å². The van der Waals surface area contributed by atoms with Gasteiger partial charge in [0.2, 0.25) is 0 Å². The molecule has 16 heavy (non-hydrogen) atoms. The van der Waals surface area contributed by atoms with Crippen molar-refractivity contribution in [3.8, 4) is 0 Å². The van der Waals surface area contributed by atoms with E-state index in [9.17, 15) is 0 Å². The van der Waals surface area contributed by atoms with Crippen molar-refractivity contribution >= 4 is 0 Å². The van der Waals surface area contributed by atoms with E-state index in [1.54, 1.807) is 0 Å². The number of hydrogen-bond acceptors (Lipinski definition) is 0. The van der Waals surface area contributed by atoms with Crippen molar-refractivity contribution in [2.45, 2.75) is 79.6 Å². The largest absolute Gasteiger partial charge is 0.0654 e. The first kappa shape index (κ1) is 14.1. The van der Waals surface area contributed by atoms with E-state index in [1.165, 1.54) is 44.9 Å². The second-order valence-electron chi connectivity index (χ2n) is 6.65. The van der Waals surface area contributed by atoms with Crippen LogP contribution in [0.2, 0.25) is 0 Å². The van der Waals surface area contributed by atoms with Gasteiger partial charge in [0.25, 0.3) is 0 Å².